The van der Waals surface area contributed by atoms with Crippen LogP contribution in [0.3, 0.4) is 0 Å². The van der Waals surface area contributed by atoms with Gasteiger partial charge in [-0.15, -0.1) is 0 Å². The van der Waals surface area contributed by atoms with Gasteiger partial charge in [0.05, 0.1) is 6.61 Å². The van der Waals surface area contributed by atoms with Crippen molar-refractivity contribution in [1.29, 1.82) is 0 Å². The SMILES string of the molecule is CCOC(=O)NCC[Si](OC)(OC)OC. The molecule has 0 bridgehead atoms. The third kappa shape index (κ3) is 5.12. The highest BCUT2D eigenvalue weighted by atomic mass is 28.4. The molecular formula is C8H19NO5Si. The Balaban J connectivity index is 3.85. The summed E-state index contributed by atoms with van der Waals surface area (Å²) >= 11 is 0. The topological polar surface area (TPSA) is 66.0 Å². The number of carbonyl (C=O) groups excluding carboxylic acids is 1. The highest BCUT2D eigenvalue weighted by Crippen LogP contribution is 2.10. The van der Waals surface area contributed by atoms with Gasteiger partial charge in [0, 0.05) is 33.9 Å². The van der Waals surface area contributed by atoms with E-state index in [1.54, 1.807) is 6.92 Å². The van der Waals surface area contributed by atoms with E-state index in [1.165, 1.54) is 21.3 Å². The molecule has 0 aromatic heterocycles. The summed E-state index contributed by atoms with van der Waals surface area (Å²) in [5, 5.41) is 2.58. The van der Waals surface area contributed by atoms with Crippen LogP contribution in [-0.2, 0) is 18.0 Å². The minimum absolute atomic E-state index is 0.354. The molecule has 6 nitrogen and oxygen atoms in total. The molecule has 0 aliphatic heterocycles. The van der Waals surface area contributed by atoms with E-state index in [4.69, 9.17) is 18.0 Å². The predicted molar refractivity (Wildman–Crippen MR) is 56.6 cm³/mol. The van der Waals surface area contributed by atoms with Crippen LogP contribution in [0.25, 0.3) is 0 Å². The zero-order valence-electron chi connectivity index (χ0n) is 9.66. The van der Waals surface area contributed by atoms with Gasteiger partial charge in [0.25, 0.3) is 0 Å². The number of rotatable bonds is 7. The lowest BCUT2D eigenvalue weighted by molar-refractivity contribution is 0.122. The Kier molecular flexibility index (Phi) is 7.31. The first kappa shape index (κ1) is 14.4. The number of hydrogen-bond acceptors (Lipinski definition) is 5. The van der Waals surface area contributed by atoms with Crippen LogP contribution in [0.2, 0.25) is 6.04 Å². The quantitative estimate of drug-likeness (QED) is 0.657. The van der Waals surface area contributed by atoms with Crippen molar-refractivity contribution in [2.75, 3.05) is 34.5 Å². The van der Waals surface area contributed by atoms with Crippen LogP contribution in [0.1, 0.15) is 6.92 Å². The molecule has 0 saturated heterocycles. The zero-order chi connectivity index (χ0) is 11.7. The maximum atomic E-state index is 11.0. The maximum Gasteiger partial charge on any atom is 0.501 e. The Hall–Kier alpha value is -0.633. The van der Waals surface area contributed by atoms with E-state index in [2.05, 4.69) is 5.32 Å². The number of nitrogens with one attached hydrogen (secondary N) is 1. The fourth-order valence-electron chi connectivity index (χ4n) is 1.06. The van der Waals surface area contributed by atoms with Gasteiger partial charge in [0.1, 0.15) is 0 Å². The number of hydrogen-bond donors (Lipinski definition) is 1. The van der Waals surface area contributed by atoms with Crippen LogP contribution in [0, 0.1) is 0 Å². The van der Waals surface area contributed by atoms with Gasteiger partial charge >= 0.3 is 14.9 Å². The van der Waals surface area contributed by atoms with Crippen LogP contribution < -0.4 is 5.32 Å². The lowest BCUT2D eigenvalue weighted by atomic mass is 10.7. The third-order valence-electron chi connectivity index (χ3n) is 1.91. The Morgan fingerprint density at radius 2 is 1.73 bits per heavy atom. The smallest absolute Gasteiger partial charge is 0.450 e. The fraction of sp³-hybridized carbons (Fsp3) is 0.875. The Morgan fingerprint density at radius 1 is 1.20 bits per heavy atom. The Bertz CT molecular complexity index is 178. The normalized spacial score (nSPS) is 11.2. The standard InChI is InChI=1S/C8H19NO5Si/c1-5-14-8(10)9-6-7-15(11-2,12-3)13-4/h5-7H2,1-4H3,(H,9,10). The van der Waals surface area contributed by atoms with E-state index in [-0.39, 0.29) is 0 Å². The molecule has 0 aliphatic carbocycles. The summed E-state index contributed by atoms with van der Waals surface area (Å²) in [6, 6.07) is 0.509. The maximum absolute atomic E-state index is 11.0. The van der Waals surface area contributed by atoms with Gasteiger partial charge in [-0.25, -0.2) is 4.79 Å². The van der Waals surface area contributed by atoms with Crippen LogP contribution in [0.5, 0.6) is 0 Å². The lowest BCUT2D eigenvalue weighted by Gasteiger charge is -2.24. The molecule has 1 amide bonds. The van der Waals surface area contributed by atoms with E-state index in [0.29, 0.717) is 19.2 Å². The predicted octanol–water partition coefficient (Wildman–Crippen LogP) is 0.611. The first-order valence-corrected chi connectivity index (χ1v) is 6.63. The van der Waals surface area contributed by atoms with Gasteiger partial charge in [-0.3, -0.25) is 0 Å². The molecule has 0 fully saturated rings. The van der Waals surface area contributed by atoms with Crippen molar-refractivity contribution in [2.45, 2.75) is 13.0 Å². The van der Waals surface area contributed by atoms with Gasteiger partial charge in [-0.2, -0.15) is 0 Å². The number of amides is 1. The molecule has 1 N–H and O–H groups in total. The van der Waals surface area contributed by atoms with Crippen molar-refractivity contribution >= 4 is 14.9 Å². The largest absolute Gasteiger partial charge is 0.501 e. The van der Waals surface area contributed by atoms with Crippen molar-refractivity contribution < 1.29 is 22.8 Å². The van der Waals surface area contributed by atoms with E-state index >= 15 is 0 Å². The summed E-state index contributed by atoms with van der Waals surface area (Å²) in [6.07, 6.45) is -0.441. The van der Waals surface area contributed by atoms with E-state index in [9.17, 15) is 4.79 Å². The molecule has 0 spiro atoms. The number of ether oxygens (including phenoxy) is 1. The molecule has 0 saturated carbocycles. The van der Waals surface area contributed by atoms with Crippen LogP contribution >= 0.6 is 0 Å². The average molecular weight is 237 g/mol. The van der Waals surface area contributed by atoms with Gasteiger partial charge < -0.3 is 23.3 Å². The molecule has 0 atom stereocenters. The highest BCUT2D eigenvalue weighted by Gasteiger charge is 2.37. The summed E-state index contributed by atoms with van der Waals surface area (Å²) in [5.41, 5.74) is 0. The number of alkyl carbamates (subject to hydrolysis) is 1. The summed E-state index contributed by atoms with van der Waals surface area (Å²) in [6.45, 7) is 2.51. The Labute approximate surface area is 91.2 Å². The molecule has 0 radical (unpaired) electrons. The van der Waals surface area contributed by atoms with Gasteiger partial charge in [-0.05, 0) is 6.92 Å². The number of carbonyl (C=O) groups is 1. The molecule has 7 heteroatoms. The highest BCUT2D eigenvalue weighted by molar-refractivity contribution is 6.60. The van der Waals surface area contributed by atoms with Gasteiger partial charge in [0.2, 0.25) is 0 Å². The monoisotopic (exact) mass is 237 g/mol. The minimum atomic E-state index is -2.58. The molecule has 15 heavy (non-hydrogen) atoms. The molecule has 0 aromatic rings. The summed E-state index contributed by atoms with van der Waals surface area (Å²) < 4.78 is 20.2. The average Bonchev–Trinajstić information content (AvgIpc) is 2.25. The second-order valence-electron chi connectivity index (χ2n) is 2.69. The summed E-state index contributed by atoms with van der Waals surface area (Å²) in [7, 11) is 2.02. The first-order chi connectivity index (χ1) is 7.14. The van der Waals surface area contributed by atoms with Crippen molar-refractivity contribution in [3.63, 3.8) is 0 Å². The third-order valence-corrected chi connectivity index (χ3v) is 4.64. The molecule has 0 heterocycles. The molecule has 0 rings (SSSR count). The van der Waals surface area contributed by atoms with E-state index in [0.717, 1.165) is 0 Å². The van der Waals surface area contributed by atoms with Crippen LogP contribution in [0.4, 0.5) is 4.79 Å². The molecule has 0 aromatic carbocycles. The van der Waals surface area contributed by atoms with Crippen LogP contribution in [0.15, 0.2) is 0 Å². The summed E-state index contributed by atoms with van der Waals surface area (Å²) in [4.78, 5) is 11.0. The second-order valence-corrected chi connectivity index (χ2v) is 5.78. The van der Waals surface area contributed by atoms with E-state index in [1.807, 2.05) is 0 Å². The van der Waals surface area contributed by atoms with Gasteiger partial charge in [0.15, 0.2) is 0 Å². The first-order valence-electron chi connectivity index (χ1n) is 4.70. The van der Waals surface area contributed by atoms with Crippen LogP contribution in [-0.4, -0.2) is 49.4 Å². The second kappa shape index (κ2) is 7.63. The zero-order valence-corrected chi connectivity index (χ0v) is 10.7. The lowest BCUT2D eigenvalue weighted by Crippen LogP contribution is -2.45. The minimum Gasteiger partial charge on any atom is -0.450 e. The van der Waals surface area contributed by atoms with E-state index < -0.39 is 14.9 Å². The van der Waals surface area contributed by atoms with Crippen molar-refractivity contribution in [1.82, 2.24) is 5.32 Å². The Morgan fingerprint density at radius 3 is 2.13 bits per heavy atom. The summed E-state index contributed by atoms with van der Waals surface area (Å²) in [5.74, 6) is 0. The van der Waals surface area contributed by atoms with Gasteiger partial charge in [-0.1, -0.05) is 0 Å². The molecular weight excluding hydrogens is 218 g/mol. The fourth-order valence-corrected chi connectivity index (χ4v) is 2.60. The molecule has 90 valence electrons. The molecule has 0 unspecified atom stereocenters. The van der Waals surface area contributed by atoms with Crippen molar-refractivity contribution in [3.8, 4) is 0 Å². The molecule has 0 aliphatic rings. The van der Waals surface area contributed by atoms with Crippen molar-refractivity contribution in [3.05, 3.63) is 0 Å². The van der Waals surface area contributed by atoms with Crippen molar-refractivity contribution in [2.24, 2.45) is 0 Å².